The van der Waals surface area contributed by atoms with Gasteiger partial charge >= 0.3 is 0 Å². The average molecular weight is 210 g/mol. The Balaban J connectivity index is 2.42. The second-order valence-corrected chi connectivity index (χ2v) is 4.18. The highest BCUT2D eigenvalue weighted by atomic mass is 32.1. The van der Waals surface area contributed by atoms with Gasteiger partial charge in [-0.2, -0.15) is 12.6 Å². The van der Waals surface area contributed by atoms with Crippen LogP contribution in [0, 0.1) is 0 Å². The molecule has 2 rings (SSSR count). The Morgan fingerprint density at radius 1 is 1.29 bits per heavy atom. The van der Waals surface area contributed by atoms with Crippen molar-refractivity contribution in [2.75, 3.05) is 13.2 Å². The van der Waals surface area contributed by atoms with E-state index >= 15 is 0 Å². The predicted molar refractivity (Wildman–Crippen MR) is 59.5 cm³/mol. The number of hydrogen-bond acceptors (Lipinski definition) is 3. The van der Waals surface area contributed by atoms with E-state index in [0.29, 0.717) is 0 Å². The monoisotopic (exact) mass is 210 g/mol. The van der Waals surface area contributed by atoms with Gasteiger partial charge in [0, 0.05) is 17.2 Å². The molecule has 1 unspecified atom stereocenters. The number of hydrogen-bond donors (Lipinski definition) is 1. The molecule has 0 spiro atoms. The first kappa shape index (κ1) is 9.71. The Morgan fingerprint density at radius 2 is 2.07 bits per heavy atom. The lowest BCUT2D eigenvalue weighted by molar-refractivity contribution is 0.296. The standard InChI is InChI=1S/C11H14O2S/c1-8(14)9-4-2-5-10-11(9)13-7-3-6-12-10/h2,4-5,8,14H,3,6-7H2,1H3. The lowest BCUT2D eigenvalue weighted by Gasteiger charge is -2.13. The molecule has 0 aromatic heterocycles. The van der Waals surface area contributed by atoms with E-state index in [4.69, 9.17) is 9.47 Å². The van der Waals surface area contributed by atoms with E-state index in [1.807, 2.05) is 25.1 Å². The maximum absolute atomic E-state index is 5.67. The van der Waals surface area contributed by atoms with Crippen molar-refractivity contribution < 1.29 is 9.47 Å². The number of benzene rings is 1. The highest BCUT2D eigenvalue weighted by Crippen LogP contribution is 2.38. The molecule has 0 fully saturated rings. The molecule has 0 bridgehead atoms. The largest absolute Gasteiger partial charge is 0.490 e. The van der Waals surface area contributed by atoms with Crippen LogP contribution in [0.5, 0.6) is 11.5 Å². The van der Waals surface area contributed by atoms with Crippen molar-refractivity contribution in [2.45, 2.75) is 18.6 Å². The summed E-state index contributed by atoms with van der Waals surface area (Å²) in [5, 5.41) is 0.173. The molecule has 0 N–H and O–H groups in total. The van der Waals surface area contributed by atoms with E-state index in [2.05, 4.69) is 12.6 Å². The number of ether oxygens (including phenoxy) is 2. The van der Waals surface area contributed by atoms with E-state index in [1.54, 1.807) is 0 Å². The van der Waals surface area contributed by atoms with E-state index in [0.717, 1.165) is 36.7 Å². The number of rotatable bonds is 1. The normalized spacial score (nSPS) is 17.3. The molecule has 0 saturated carbocycles. The van der Waals surface area contributed by atoms with Gasteiger partial charge in [-0.1, -0.05) is 12.1 Å². The van der Waals surface area contributed by atoms with Gasteiger partial charge in [0.2, 0.25) is 0 Å². The third-order valence-corrected chi connectivity index (χ3v) is 2.53. The van der Waals surface area contributed by atoms with Crippen LogP contribution in [0.15, 0.2) is 18.2 Å². The van der Waals surface area contributed by atoms with E-state index < -0.39 is 0 Å². The third kappa shape index (κ3) is 1.82. The Labute approximate surface area is 89.6 Å². The summed E-state index contributed by atoms with van der Waals surface area (Å²) in [6.45, 7) is 3.49. The summed E-state index contributed by atoms with van der Waals surface area (Å²) in [7, 11) is 0. The minimum absolute atomic E-state index is 0.173. The molecule has 14 heavy (non-hydrogen) atoms. The first-order valence-electron chi connectivity index (χ1n) is 4.85. The first-order chi connectivity index (χ1) is 6.79. The van der Waals surface area contributed by atoms with Crippen molar-refractivity contribution in [1.82, 2.24) is 0 Å². The van der Waals surface area contributed by atoms with Gasteiger partial charge < -0.3 is 9.47 Å². The first-order valence-corrected chi connectivity index (χ1v) is 5.37. The zero-order valence-corrected chi connectivity index (χ0v) is 9.09. The molecule has 0 aliphatic carbocycles. The van der Waals surface area contributed by atoms with Crippen LogP contribution in [0.3, 0.4) is 0 Å². The molecule has 2 nitrogen and oxygen atoms in total. The SMILES string of the molecule is CC(S)c1cccc2c1OCCCO2. The van der Waals surface area contributed by atoms with Gasteiger partial charge in [-0.25, -0.2) is 0 Å². The Hall–Kier alpha value is -0.830. The highest BCUT2D eigenvalue weighted by Gasteiger charge is 2.16. The fourth-order valence-electron chi connectivity index (χ4n) is 1.55. The average Bonchev–Trinajstić information content (AvgIpc) is 2.41. The van der Waals surface area contributed by atoms with Gasteiger partial charge in [0.05, 0.1) is 13.2 Å². The molecule has 0 radical (unpaired) electrons. The molecule has 1 aliphatic heterocycles. The van der Waals surface area contributed by atoms with Gasteiger partial charge in [-0.15, -0.1) is 0 Å². The van der Waals surface area contributed by atoms with Crippen LogP contribution >= 0.6 is 12.6 Å². The van der Waals surface area contributed by atoms with Gasteiger partial charge in [-0.05, 0) is 13.0 Å². The van der Waals surface area contributed by atoms with Crippen molar-refractivity contribution in [1.29, 1.82) is 0 Å². The molecule has 1 atom stereocenters. The summed E-state index contributed by atoms with van der Waals surface area (Å²) >= 11 is 4.42. The molecular formula is C11H14O2S. The van der Waals surface area contributed by atoms with Crippen molar-refractivity contribution in [2.24, 2.45) is 0 Å². The zero-order valence-electron chi connectivity index (χ0n) is 8.19. The van der Waals surface area contributed by atoms with Crippen LogP contribution in [-0.2, 0) is 0 Å². The minimum atomic E-state index is 0.173. The minimum Gasteiger partial charge on any atom is -0.490 e. The second kappa shape index (κ2) is 4.13. The third-order valence-electron chi connectivity index (χ3n) is 2.25. The predicted octanol–water partition coefficient (Wildman–Crippen LogP) is 2.84. The molecule has 0 amide bonds. The number of thiol groups is 1. The summed E-state index contributed by atoms with van der Waals surface area (Å²) < 4.78 is 11.2. The van der Waals surface area contributed by atoms with Gasteiger partial charge in [0.15, 0.2) is 11.5 Å². The van der Waals surface area contributed by atoms with Gasteiger partial charge in [-0.3, -0.25) is 0 Å². The fraction of sp³-hybridized carbons (Fsp3) is 0.455. The van der Waals surface area contributed by atoms with E-state index in [1.165, 1.54) is 0 Å². The molecule has 1 aromatic carbocycles. The molecule has 1 aliphatic rings. The van der Waals surface area contributed by atoms with Crippen LogP contribution in [0.25, 0.3) is 0 Å². The zero-order chi connectivity index (χ0) is 9.97. The topological polar surface area (TPSA) is 18.5 Å². The summed E-state index contributed by atoms with van der Waals surface area (Å²) in [6.07, 6.45) is 0.940. The lowest BCUT2D eigenvalue weighted by Crippen LogP contribution is -1.98. The summed E-state index contributed by atoms with van der Waals surface area (Å²) in [4.78, 5) is 0. The number of para-hydroxylation sites is 1. The molecular weight excluding hydrogens is 196 g/mol. The van der Waals surface area contributed by atoms with Crippen LogP contribution in [-0.4, -0.2) is 13.2 Å². The van der Waals surface area contributed by atoms with Crippen LogP contribution in [0.1, 0.15) is 24.2 Å². The Bertz CT molecular complexity index is 323. The Morgan fingerprint density at radius 3 is 2.86 bits per heavy atom. The van der Waals surface area contributed by atoms with Crippen LogP contribution in [0.4, 0.5) is 0 Å². The fourth-order valence-corrected chi connectivity index (χ4v) is 1.75. The molecule has 3 heteroatoms. The molecule has 76 valence electrons. The van der Waals surface area contributed by atoms with Crippen LogP contribution in [0.2, 0.25) is 0 Å². The Kier molecular flexibility index (Phi) is 2.87. The van der Waals surface area contributed by atoms with Crippen LogP contribution < -0.4 is 9.47 Å². The van der Waals surface area contributed by atoms with Crippen molar-refractivity contribution >= 4 is 12.6 Å². The van der Waals surface area contributed by atoms with Crippen molar-refractivity contribution in [3.8, 4) is 11.5 Å². The lowest BCUT2D eigenvalue weighted by atomic mass is 10.1. The summed E-state index contributed by atoms with van der Waals surface area (Å²) in [5.41, 5.74) is 1.10. The summed E-state index contributed by atoms with van der Waals surface area (Å²) in [6, 6.07) is 5.96. The van der Waals surface area contributed by atoms with E-state index in [9.17, 15) is 0 Å². The summed E-state index contributed by atoms with van der Waals surface area (Å²) in [5.74, 6) is 1.72. The molecule has 0 saturated heterocycles. The maximum atomic E-state index is 5.67. The van der Waals surface area contributed by atoms with Crippen molar-refractivity contribution in [3.05, 3.63) is 23.8 Å². The second-order valence-electron chi connectivity index (χ2n) is 3.40. The van der Waals surface area contributed by atoms with Crippen molar-refractivity contribution in [3.63, 3.8) is 0 Å². The number of fused-ring (bicyclic) bond motifs is 1. The highest BCUT2D eigenvalue weighted by molar-refractivity contribution is 7.80. The quantitative estimate of drug-likeness (QED) is 0.718. The van der Waals surface area contributed by atoms with E-state index in [-0.39, 0.29) is 5.25 Å². The van der Waals surface area contributed by atoms with Gasteiger partial charge in [0.25, 0.3) is 0 Å². The van der Waals surface area contributed by atoms with Gasteiger partial charge in [0.1, 0.15) is 0 Å². The maximum Gasteiger partial charge on any atom is 0.165 e. The smallest absolute Gasteiger partial charge is 0.165 e. The molecule has 1 heterocycles. The molecule has 1 aromatic rings.